The fraction of sp³-hybridized carbons (Fsp3) is 0.909. The summed E-state index contributed by atoms with van der Waals surface area (Å²) >= 11 is 5.53. The van der Waals surface area contributed by atoms with Gasteiger partial charge < -0.3 is 9.84 Å². The van der Waals surface area contributed by atoms with Gasteiger partial charge >= 0.3 is 5.97 Å². The highest BCUT2D eigenvalue weighted by molar-refractivity contribution is 6.18. The van der Waals surface area contributed by atoms with Gasteiger partial charge in [-0.15, -0.1) is 11.6 Å². The van der Waals surface area contributed by atoms with Crippen molar-refractivity contribution in [2.75, 3.05) is 12.5 Å². The van der Waals surface area contributed by atoms with Crippen LogP contribution in [0.15, 0.2) is 0 Å². The summed E-state index contributed by atoms with van der Waals surface area (Å²) in [5.41, 5.74) is -0.958. The number of hydrogen-bond acceptors (Lipinski definition) is 2. The second-order valence-corrected chi connectivity index (χ2v) is 4.57. The SMILES string of the molecule is CCC1CCC(OCCCl)(C(=O)O)CC1. The summed E-state index contributed by atoms with van der Waals surface area (Å²) in [6.07, 6.45) is 4.27. The van der Waals surface area contributed by atoms with Crippen molar-refractivity contribution in [3.63, 3.8) is 0 Å². The van der Waals surface area contributed by atoms with E-state index in [1.54, 1.807) is 0 Å². The van der Waals surface area contributed by atoms with Gasteiger partial charge in [-0.05, 0) is 31.6 Å². The van der Waals surface area contributed by atoms with Crippen molar-refractivity contribution in [2.24, 2.45) is 5.92 Å². The van der Waals surface area contributed by atoms with Gasteiger partial charge in [0.05, 0.1) is 6.61 Å². The van der Waals surface area contributed by atoms with Gasteiger partial charge in [-0.25, -0.2) is 4.79 Å². The molecular formula is C11H19ClO3. The van der Waals surface area contributed by atoms with Gasteiger partial charge in [0.2, 0.25) is 0 Å². The van der Waals surface area contributed by atoms with E-state index in [1.807, 2.05) is 0 Å². The van der Waals surface area contributed by atoms with Gasteiger partial charge in [-0.3, -0.25) is 0 Å². The average Bonchev–Trinajstić information content (AvgIpc) is 2.27. The third-order valence-electron chi connectivity index (χ3n) is 3.34. The Morgan fingerprint density at radius 3 is 2.53 bits per heavy atom. The maximum atomic E-state index is 11.2. The molecule has 1 aliphatic rings. The smallest absolute Gasteiger partial charge is 0.335 e. The molecule has 0 saturated heterocycles. The van der Waals surface area contributed by atoms with Crippen LogP contribution in [0.5, 0.6) is 0 Å². The second kappa shape index (κ2) is 5.71. The largest absolute Gasteiger partial charge is 0.479 e. The van der Waals surface area contributed by atoms with Gasteiger partial charge in [-0.1, -0.05) is 13.3 Å². The predicted molar refractivity (Wildman–Crippen MR) is 59.3 cm³/mol. The zero-order valence-corrected chi connectivity index (χ0v) is 9.92. The summed E-state index contributed by atoms with van der Waals surface area (Å²) in [5, 5.41) is 9.21. The molecule has 15 heavy (non-hydrogen) atoms. The first-order valence-electron chi connectivity index (χ1n) is 5.58. The number of ether oxygens (including phenoxy) is 1. The van der Waals surface area contributed by atoms with E-state index in [2.05, 4.69) is 6.92 Å². The van der Waals surface area contributed by atoms with Crippen LogP contribution >= 0.6 is 11.6 Å². The molecule has 0 aromatic heterocycles. The Labute approximate surface area is 95.8 Å². The van der Waals surface area contributed by atoms with Crippen LogP contribution in [0.1, 0.15) is 39.0 Å². The number of hydrogen-bond donors (Lipinski definition) is 1. The zero-order chi connectivity index (χ0) is 11.3. The van der Waals surface area contributed by atoms with E-state index in [9.17, 15) is 9.90 Å². The van der Waals surface area contributed by atoms with E-state index < -0.39 is 11.6 Å². The molecule has 0 unspecified atom stereocenters. The summed E-state index contributed by atoms with van der Waals surface area (Å²) in [6, 6.07) is 0. The van der Waals surface area contributed by atoms with Crippen molar-refractivity contribution in [1.29, 1.82) is 0 Å². The molecule has 1 rings (SSSR count). The first-order chi connectivity index (χ1) is 7.14. The van der Waals surface area contributed by atoms with Crippen LogP contribution in [0, 0.1) is 5.92 Å². The van der Waals surface area contributed by atoms with Crippen LogP contribution in [0.2, 0.25) is 0 Å². The molecule has 88 valence electrons. The van der Waals surface area contributed by atoms with Crippen LogP contribution in [-0.2, 0) is 9.53 Å². The third kappa shape index (κ3) is 3.08. The summed E-state index contributed by atoms with van der Waals surface area (Å²) in [7, 11) is 0. The second-order valence-electron chi connectivity index (χ2n) is 4.19. The van der Waals surface area contributed by atoms with Gasteiger partial charge in [0.1, 0.15) is 0 Å². The molecule has 1 N–H and O–H groups in total. The molecule has 0 aromatic carbocycles. The first kappa shape index (κ1) is 12.8. The van der Waals surface area contributed by atoms with Gasteiger partial charge in [0.15, 0.2) is 5.60 Å². The first-order valence-corrected chi connectivity index (χ1v) is 6.11. The number of rotatable bonds is 5. The Morgan fingerprint density at radius 2 is 2.13 bits per heavy atom. The highest BCUT2D eigenvalue weighted by atomic mass is 35.5. The molecule has 0 atom stereocenters. The van der Waals surface area contributed by atoms with Crippen molar-refractivity contribution >= 4 is 17.6 Å². The van der Waals surface area contributed by atoms with Gasteiger partial charge in [0, 0.05) is 5.88 Å². The van der Waals surface area contributed by atoms with Crippen molar-refractivity contribution in [2.45, 2.75) is 44.6 Å². The summed E-state index contributed by atoms with van der Waals surface area (Å²) < 4.78 is 5.44. The number of aliphatic carboxylic acids is 1. The molecule has 0 aromatic rings. The van der Waals surface area contributed by atoms with Crippen LogP contribution in [-0.4, -0.2) is 29.2 Å². The monoisotopic (exact) mass is 234 g/mol. The molecule has 0 radical (unpaired) electrons. The minimum Gasteiger partial charge on any atom is -0.479 e. The molecule has 1 aliphatic carbocycles. The van der Waals surface area contributed by atoms with Gasteiger partial charge in [0.25, 0.3) is 0 Å². The van der Waals surface area contributed by atoms with Crippen LogP contribution < -0.4 is 0 Å². The molecule has 0 aliphatic heterocycles. The molecule has 3 nitrogen and oxygen atoms in total. The minimum absolute atomic E-state index is 0.324. The number of alkyl halides is 1. The van der Waals surface area contributed by atoms with E-state index in [0.717, 1.165) is 19.3 Å². The van der Waals surface area contributed by atoms with E-state index in [4.69, 9.17) is 16.3 Å². The molecular weight excluding hydrogens is 216 g/mol. The molecule has 4 heteroatoms. The Hall–Kier alpha value is -0.280. The van der Waals surface area contributed by atoms with Crippen molar-refractivity contribution in [3.05, 3.63) is 0 Å². The fourth-order valence-corrected chi connectivity index (χ4v) is 2.28. The predicted octanol–water partition coefficient (Wildman–Crippen LogP) is 2.67. The normalized spacial score (nSPS) is 31.5. The highest BCUT2D eigenvalue weighted by Crippen LogP contribution is 2.36. The van der Waals surface area contributed by atoms with E-state index in [-0.39, 0.29) is 0 Å². The molecule has 1 saturated carbocycles. The zero-order valence-electron chi connectivity index (χ0n) is 9.17. The van der Waals surface area contributed by atoms with Crippen LogP contribution in [0.25, 0.3) is 0 Å². The van der Waals surface area contributed by atoms with E-state index in [1.165, 1.54) is 0 Å². The average molecular weight is 235 g/mol. The Morgan fingerprint density at radius 1 is 1.53 bits per heavy atom. The molecule has 1 fully saturated rings. The lowest BCUT2D eigenvalue weighted by atomic mass is 9.77. The molecule has 0 heterocycles. The molecule has 0 amide bonds. The van der Waals surface area contributed by atoms with Crippen LogP contribution in [0.3, 0.4) is 0 Å². The van der Waals surface area contributed by atoms with E-state index in [0.29, 0.717) is 31.2 Å². The highest BCUT2D eigenvalue weighted by Gasteiger charge is 2.42. The number of halogens is 1. The number of carbonyl (C=O) groups is 1. The Kier molecular flexibility index (Phi) is 4.87. The van der Waals surface area contributed by atoms with Crippen molar-refractivity contribution in [3.8, 4) is 0 Å². The van der Waals surface area contributed by atoms with E-state index >= 15 is 0 Å². The number of carboxylic acid groups (broad SMARTS) is 1. The number of carboxylic acids is 1. The Balaban J connectivity index is 2.56. The van der Waals surface area contributed by atoms with Gasteiger partial charge in [-0.2, -0.15) is 0 Å². The minimum atomic E-state index is -0.958. The lowest BCUT2D eigenvalue weighted by Gasteiger charge is -2.36. The standard InChI is InChI=1S/C11H19ClO3/c1-2-9-3-5-11(6-4-9,10(13)14)15-8-7-12/h9H,2-8H2,1H3,(H,13,14). The summed E-state index contributed by atoms with van der Waals surface area (Å²) in [6.45, 7) is 2.47. The maximum Gasteiger partial charge on any atom is 0.335 e. The topological polar surface area (TPSA) is 46.5 Å². The summed E-state index contributed by atoms with van der Waals surface area (Å²) in [5.74, 6) is 0.186. The fourth-order valence-electron chi connectivity index (χ4n) is 2.21. The van der Waals surface area contributed by atoms with Crippen LogP contribution in [0.4, 0.5) is 0 Å². The van der Waals surface area contributed by atoms with Crippen molar-refractivity contribution in [1.82, 2.24) is 0 Å². The molecule has 0 bridgehead atoms. The lowest BCUT2D eigenvalue weighted by molar-refractivity contribution is -0.171. The molecule has 0 spiro atoms. The van der Waals surface area contributed by atoms with Crippen molar-refractivity contribution < 1.29 is 14.6 Å². The lowest BCUT2D eigenvalue weighted by Crippen LogP contribution is -2.45. The third-order valence-corrected chi connectivity index (χ3v) is 3.49. The maximum absolute atomic E-state index is 11.2. The summed E-state index contributed by atoms with van der Waals surface area (Å²) in [4.78, 5) is 11.2. The Bertz CT molecular complexity index is 210. The quantitative estimate of drug-likeness (QED) is 0.744.